The van der Waals surface area contributed by atoms with Gasteiger partial charge in [0.15, 0.2) is 11.4 Å². The van der Waals surface area contributed by atoms with Gasteiger partial charge in [-0.3, -0.25) is 9.59 Å². The number of methoxy groups -OCH3 is 2. The molecule has 1 N–H and O–H groups in total. The SMILES string of the molecule is CCOC(=O)C1=C(C(F)(F)F)C2C=CC1(C(=O)CCCC(=O)NCC13C=CC(O1)C(C(=O)OC)=C3C(=O)OC)O2. The number of ether oxygens (including phenoxy) is 5. The van der Waals surface area contributed by atoms with Gasteiger partial charge in [-0.25, -0.2) is 14.4 Å². The normalized spacial score (nSPS) is 27.9. The van der Waals surface area contributed by atoms with Gasteiger partial charge in [-0.1, -0.05) is 12.2 Å². The molecule has 0 saturated heterocycles. The average molecular weight is 569 g/mol. The highest BCUT2D eigenvalue weighted by Gasteiger charge is 2.62. The fraction of sp³-hybridized carbons (Fsp3) is 0.500. The van der Waals surface area contributed by atoms with Crippen molar-refractivity contribution in [1.29, 1.82) is 0 Å². The quantitative estimate of drug-likeness (QED) is 0.220. The zero-order chi connectivity index (χ0) is 29.5. The fourth-order valence-corrected chi connectivity index (χ4v) is 5.24. The topological polar surface area (TPSA) is 144 Å². The van der Waals surface area contributed by atoms with Gasteiger partial charge in [0.2, 0.25) is 5.91 Å². The first-order chi connectivity index (χ1) is 18.8. The van der Waals surface area contributed by atoms with Crippen LogP contribution in [-0.4, -0.2) is 86.6 Å². The predicted molar refractivity (Wildman–Crippen MR) is 126 cm³/mol. The summed E-state index contributed by atoms with van der Waals surface area (Å²) in [4.78, 5) is 62.8. The second-order valence-electron chi connectivity index (χ2n) is 9.25. The van der Waals surface area contributed by atoms with Crippen molar-refractivity contribution in [3.63, 3.8) is 0 Å². The number of carbonyl (C=O) groups is 5. The van der Waals surface area contributed by atoms with Crippen LogP contribution in [0.3, 0.4) is 0 Å². The Balaban J connectivity index is 1.41. The van der Waals surface area contributed by atoms with Gasteiger partial charge in [0.1, 0.15) is 17.8 Å². The number of alkyl halides is 3. The highest BCUT2D eigenvalue weighted by Crippen LogP contribution is 2.50. The molecule has 0 saturated carbocycles. The molecular formula is C26H26F3NO10. The van der Waals surface area contributed by atoms with E-state index in [-0.39, 0.29) is 43.6 Å². The Bertz CT molecular complexity index is 1280. The number of esters is 3. The van der Waals surface area contributed by atoms with Gasteiger partial charge in [-0.05, 0) is 25.5 Å². The molecular weight excluding hydrogens is 543 g/mol. The summed E-state index contributed by atoms with van der Waals surface area (Å²) >= 11 is 0. The summed E-state index contributed by atoms with van der Waals surface area (Å²) in [5.41, 5.74) is -6.04. The number of fused-ring (bicyclic) bond motifs is 4. The van der Waals surface area contributed by atoms with Crippen LogP contribution in [0.5, 0.6) is 0 Å². The molecule has 4 unspecified atom stereocenters. The van der Waals surface area contributed by atoms with Crippen LogP contribution in [-0.2, 0) is 47.7 Å². The van der Waals surface area contributed by atoms with Gasteiger partial charge in [0.25, 0.3) is 0 Å². The van der Waals surface area contributed by atoms with Gasteiger partial charge in [-0.2, -0.15) is 13.2 Å². The van der Waals surface area contributed by atoms with Crippen LogP contribution in [0.1, 0.15) is 26.2 Å². The van der Waals surface area contributed by atoms with Gasteiger partial charge >= 0.3 is 24.1 Å². The number of amides is 1. The summed E-state index contributed by atoms with van der Waals surface area (Å²) in [6, 6.07) is 0. The molecule has 0 radical (unpaired) electrons. The van der Waals surface area contributed by atoms with Crippen LogP contribution in [0.25, 0.3) is 0 Å². The minimum Gasteiger partial charge on any atom is -0.466 e. The van der Waals surface area contributed by atoms with E-state index in [1.54, 1.807) is 0 Å². The molecule has 0 aromatic heterocycles. The lowest BCUT2D eigenvalue weighted by Crippen LogP contribution is -2.44. The molecule has 0 aliphatic carbocycles. The Labute approximate surface area is 226 Å². The number of carbonyl (C=O) groups excluding carboxylic acids is 5. The smallest absolute Gasteiger partial charge is 0.416 e. The molecule has 0 spiro atoms. The maximum atomic E-state index is 13.7. The highest BCUT2D eigenvalue weighted by atomic mass is 19.4. The molecule has 1 amide bonds. The van der Waals surface area contributed by atoms with Crippen molar-refractivity contribution < 1.29 is 60.8 Å². The molecule has 4 bridgehead atoms. The Kier molecular flexibility index (Phi) is 7.78. The average Bonchev–Trinajstić information content (AvgIpc) is 3.68. The van der Waals surface area contributed by atoms with Crippen molar-refractivity contribution in [1.82, 2.24) is 5.32 Å². The van der Waals surface area contributed by atoms with E-state index >= 15 is 0 Å². The molecule has 4 atom stereocenters. The van der Waals surface area contributed by atoms with Gasteiger partial charge in [0.05, 0.1) is 49.7 Å². The summed E-state index contributed by atoms with van der Waals surface area (Å²) in [6.45, 7) is 0.960. The van der Waals surface area contributed by atoms with Crippen molar-refractivity contribution in [2.24, 2.45) is 0 Å². The predicted octanol–water partition coefficient (Wildman–Crippen LogP) is 1.32. The minimum absolute atomic E-state index is 0.0425. The third kappa shape index (κ3) is 4.74. The number of hydrogen-bond donors (Lipinski definition) is 1. The number of halogens is 3. The highest BCUT2D eigenvalue weighted by molar-refractivity contribution is 6.07. The van der Waals surface area contributed by atoms with E-state index in [0.717, 1.165) is 26.4 Å². The fourth-order valence-electron chi connectivity index (χ4n) is 5.24. The lowest BCUT2D eigenvalue weighted by molar-refractivity contribution is -0.144. The Morgan fingerprint density at radius 3 is 2.23 bits per heavy atom. The first kappa shape index (κ1) is 29.2. The molecule has 4 rings (SSSR count). The number of Topliss-reactive ketones (excluding diaryl/α,β-unsaturated/α-hetero) is 1. The minimum atomic E-state index is -4.93. The van der Waals surface area contributed by atoms with Crippen LogP contribution < -0.4 is 5.32 Å². The van der Waals surface area contributed by atoms with E-state index in [2.05, 4.69) is 5.32 Å². The number of nitrogens with one attached hydrogen (secondary N) is 1. The van der Waals surface area contributed by atoms with Crippen molar-refractivity contribution in [2.45, 2.75) is 55.8 Å². The molecule has 11 nitrogen and oxygen atoms in total. The van der Waals surface area contributed by atoms with Crippen LogP contribution in [0.4, 0.5) is 13.2 Å². The Morgan fingerprint density at radius 1 is 0.925 bits per heavy atom. The summed E-state index contributed by atoms with van der Waals surface area (Å²) < 4.78 is 66.6. The molecule has 0 fully saturated rings. The Morgan fingerprint density at radius 2 is 1.60 bits per heavy atom. The van der Waals surface area contributed by atoms with Crippen molar-refractivity contribution in [2.75, 3.05) is 27.4 Å². The molecule has 14 heteroatoms. The molecule has 4 aliphatic rings. The zero-order valence-electron chi connectivity index (χ0n) is 21.7. The number of hydrogen-bond acceptors (Lipinski definition) is 10. The molecule has 216 valence electrons. The van der Waals surface area contributed by atoms with Crippen LogP contribution in [0.15, 0.2) is 46.6 Å². The van der Waals surface area contributed by atoms with E-state index in [1.807, 2.05) is 0 Å². The zero-order valence-corrected chi connectivity index (χ0v) is 21.7. The summed E-state index contributed by atoms with van der Waals surface area (Å²) in [5, 5.41) is 2.58. The molecule has 4 heterocycles. The summed E-state index contributed by atoms with van der Waals surface area (Å²) in [6.07, 6.45) is -2.90. The Hall–Kier alpha value is -3.78. The molecule has 0 aromatic carbocycles. The van der Waals surface area contributed by atoms with Crippen LogP contribution >= 0.6 is 0 Å². The maximum Gasteiger partial charge on any atom is 0.416 e. The van der Waals surface area contributed by atoms with Crippen LogP contribution in [0.2, 0.25) is 0 Å². The number of ketones is 1. The maximum absolute atomic E-state index is 13.7. The van der Waals surface area contributed by atoms with Gasteiger partial charge < -0.3 is 29.0 Å². The second kappa shape index (κ2) is 10.7. The summed E-state index contributed by atoms with van der Waals surface area (Å²) in [5.74, 6) is -4.33. The third-order valence-corrected chi connectivity index (χ3v) is 6.95. The third-order valence-electron chi connectivity index (χ3n) is 6.95. The lowest BCUT2D eigenvalue weighted by Gasteiger charge is -2.26. The largest absolute Gasteiger partial charge is 0.466 e. The molecule has 4 aliphatic heterocycles. The summed E-state index contributed by atoms with van der Waals surface area (Å²) in [7, 11) is 2.27. The van der Waals surface area contributed by atoms with E-state index in [9.17, 15) is 37.1 Å². The molecule has 40 heavy (non-hydrogen) atoms. The monoisotopic (exact) mass is 569 g/mol. The lowest BCUT2D eigenvalue weighted by atomic mass is 9.82. The van der Waals surface area contributed by atoms with Crippen molar-refractivity contribution >= 4 is 29.6 Å². The van der Waals surface area contributed by atoms with Gasteiger partial charge in [0, 0.05) is 12.8 Å². The van der Waals surface area contributed by atoms with E-state index in [0.29, 0.717) is 0 Å². The first-order valence-electron chi connectivity index (χ1n) is 12.3. The van der Waals surface area contributed by atoms with E-state index < -0.39 is 70.3 Å². The van der Waals surface area contributed by atoms with Crippen LogP contribution in [0, 0.1) is 0 Å². The van der Waals surface area contributed by atoms with Crippen molar-refractivity contribution in [3.05, 3.63) is 46.6 Å². The first-order valence-corrected chi connectivity index (χ1v) is 12.3. The number of rotatable bonds is 11. The van der Waals surface area contributed by atoms with Gasteiger partial charge in [-0.15, -0.1) is 0 Å². The van der Waals surface area contributed by atoms with Crippen molar-refractivity contribution in [3.8, 4) is 0 Å². The van der Waals surface area contributed by atoms with E-state index in [4.69, 9.17) is 23.7 Å². The molecule has 0 aromatic rings. The second-order valence-corrected chi connectivity index (χ2v) is 9.25. The van der Waals surface area contributed by atoms with E-state index in [1.165, 1.54) is 19.1 Å². The standard InChI is InChI=1S/C26H26F3NO10/c1-4-38-23(35)20-18(26(27,28)29)14-9-11-25(20,40-14)15(31)6-5-7-16(32)30-12-24-10-8-13(39-24)17(21(33)36-2)19(24)22(34)37-3/h8-11,13-14H,4-7,12H2,1-3H3,(H,30,32).